The van der Waals surface area contributed by atoms with Crippen molar-refractivity contribution in [3.8, 4) is 0 Å². The Kier molecular flexibility index (Phi) is 10.4. The second kappa shape index (κ2) is 13.3. The van der Waals surface area contributed by atoms with Gasteiger partial charge in [0, 0.05) is 43.7 Å². The summed E-state index contributed by atoms with van der Waals surface area (Å²) >= 11 is 0. The number of rotatable bonds is 12. The first-order chi connectivity index (χ1) is 18.0. The summed E-state index contributed by atoms with van der Waals surface area (Å²) in [6.45, 7) is 5.15. The number of hydrogen-bond acceptors (Lipinski definition) is 6. The highest BCUT2D eigenvalue weighted by atomic mass is 32.2. The third-order valence-electron chi connectivity index (χ3n) is 6.41. The SMILES string of the molecule is COCCC(C)(C)NS(=O)(=O)c1ccc(NC(=O)[C@H](CC2CCOCC2)NC(=O)c2ccc(F)cc2)cc1. The van der Waals surface area contributed by atoms with Crippen molar-refractivity contribution in [2.45, 2.75) is 56.0 Å². The maximum Gasteiger partial charge on any atom is 0.251 e. The summed E-state index contributed by atoms with van der Waals surface area (Å²) in [4.78, 5) is 26.1. The van der Waals surface area contributed by atoms with E-state index < -0.39 is 39.2 Å². The number of amides is 2. The van der Waals surface area contributed by atoms with Crippen LogP contribution in [0.4, 0.5) is 10.1 Å². The number of halogens is 1. The summed E-state index contributed by atoms with van der Waals surface area (Å²) in [6.07, 6.45) is 2.46. The second-order valence-corrected chi connectivity index (χ2v) is 11.8. The van der Waals surface area contributed by atoms with E-state index in [-0.39, 0.29) is 16.4 Å². The molecule has 2 amide bonds. The Bertz CT molecular complexity index is 1180. The molecule has 9 nitrogen and oxygen atoms in total. The number of carbonyl (C=O) groups is 2. The minimum absolute atomic E-state index is 0.0596. The van der Waals surface area contributed by atoms with Gasteiger partial charge in [-0.1, -0.05) is 0 Å². The highest BCUT2D eigenvalue weighted by Crippen LogP contribution is 2.22. The van der Waals surface area contributed by atoms with Crippen LogP contribution in [0, 0.1) is 11.7 Å². The molecule has 0 spiro atoms. The fourth-order valence-corrected chi connectivity index (χ4v) is 5.61. The van der Waals surface area contributed by atoms with Crippen LogP contribution in [0.15, 0.2) is 53.4 Å². The van der Waals surface area contributed by atoms with Crippen molar-refractivity contribution in [2.75, 3.05) is 32.2 Å². The van der Waals surface area contributed by atoms with E-state index in [4.69, 9.17) is 9.47 Å². The van der Waals surface area contributed by atoms with Crippen molar-refractivity contribution in [1.82, 2.24) is 10.0 Å². The van der Waals surface area contributed by atoms with Crippen LogP contribution >= 0.6 is 0 Å². The normalized spacial score (nSPS) is 15.6. The van der Waals surface area contributed by atoms with Crippen LogP contribution in [-0.2, 0) is 24.3 Å². The van der Waals surface area contributed by atoms with Crippen LogP contribution in [0.1, 0.15) is 49.9 Å². The van der Waals surface area contributed by atoms with Crippen molar-refractivity contribution in [3.05, 3.63) is 59.9 Å². The summed E-state index contributed by atoms with van der Waals surface area (Å²) in [5, 5.41) is 5.54. The fourth-order valence-electron chi connectivity index (χ4n) is 4.17. The molecule has 0 aromatic heterocycles. The van der Waals surface area contributed by atoms with Crippen molar-refractivity contribution >= 4 is 27.5 Å². The molecule has 0 radical (unpaired) electrons. The van der Waals surface area contributed by atoms with Crippen molar-refractivity contribution in [1.29, 1.82) is 0 Å². The minimum Gasteiger partial charge on any atom is -0.385 e. The van der Waals surface area contributed by atoms with Crippen molar-refractivity contribution in [2.24, 2.45) is 5.92 Å². The van der Waals surface area contributed by atoms with E-state index in [9.17, 15) is 22.4 Å². The van der Waals surface area contributed by atoms with E-state index >= 15 is 0 Å². The van der Waals surface area contributed by atoms with Gasteiger partial charge in [-0.15, -0.1) is 0 Å². The summed E-state index contributed by atoms with van der Waals surface area (Å²) in [5.74, 6) is -1.19. The Morgan fingerprint density at radius 1 is 1.08 bits per heavy atom. The van der Waals surface area contributed by atoms with Gasteiger partial charge in [-0.25, -0.2) is 17.5 Å². The van der Waals surface area contributed by atoms with E-state index in [1.807, 2.05) is 0 Å². The number of ether oxygens (including phenoxy) is 2. The van der Waals surface area contributed by atoms with Gasteiger partial charge in [-0.3, -0.25) is 9.59 Å². The molecular weight excluding hydrogens is 513 g/mol. The molecular formula is C27H36FN3O6S. The van der Waals surface area contributed by atoms with E-state index in [2.05, 4.69) is 15.4 Å². The molecule has 3 rings (SSSR count). The molecule has 3 N–H and O–H groups in total. The van der Waals surface area contributed by atoms with Crippen LogP contribution < -0.4 is 15.4 Å². The average Bonchev–Trinajstić information content (AvgIpc) is 2.88. The number of carbonyl (C=O) groups excluding carboxylic acids is 2. The molecule has 0 unspecified atom stereocenters. The van der Waals surface area contributed by atoms with E-state index in [0.717, 1.165) is 12.8 Å². The molecule has 1 aliphatic heterocycles. The smallest absolute Gasteiger partial charge is 0.251 e. The predicted octanol–water partition coefficient (Wildman–Crippen LogP) is 3.47. The zero-order valence-corrected chi connectivity index (χ0v) is 22.8. The molecule has 208 valence electrons. The zero-order valence-electron chi connectivity index (χ0n) is 22.0. The first-order valence-corrected chi connectivity index (χ1v) is 14.1. The molecule has 2 aromatic carbocycles. The average molecular weight is 550 g/mol. The lowest BCUT2D eigenvalue weighted by Crippen LogP contribution is -2.45. The van der Waals surface area contributed by atoms with E-state index in [0.29, 0.717) is 38.3 Å². The highest BCUT2D eigenvalue weighted by Gasteiger charge is 2.28. The molecule has 38 heavy (non-hydrogen) atoms. The van der Waals surface area contributed by atoms with Crippen LogP contribution in [0.25, 0.3) is 0 Å². The van der Waals surface area contributed by atoms with Gasteiger partial charge in [0.05, 0.1) is 4.90 Å². The zero-order chi connectivity index (χ0) is 27.8. The summed E-state index contributed by atoms with van der Waals surface area (Å²) in [5.41, 5.74) is -0.0748. The van der Waals surface area contributed by atoms with Gasteiger partial charge in [0.15, 0.2) is 0 Å². The van der Waals surface area contributed by atoms with Gasteiger partial charge < -0.3 is 20.1 Å². The Morgan fingerprint density at radius 2 is 1.71 bits per heavy atom. The van der Waals surface area contributed by atoms with Gasteiger partial charge in [-0.05, 0) is 94.0 Å². The van der Waals surface area contributed by atoms with Gasteiger partial charge in [0.25, 0.3) is 5.91 Å². The van der Waals surface area contributed by atoms with E-state index in [1.165, 1.54) is 48.5 Å². The van der Waals surface area contributed by atoms with Crippen LogP contribution in [0.3, 0.4) is 0 Å². The first kappa shape index (κ1) is 29.7. The van der Waals surface area contributed by atoms with Gasteiger partial charge in [0.2, 0.25) is 15.9 Å². The fraction of sp³-hybridized carbons (Fsp3) is 0.481. The minimum atomic E-state index is -3.79. The topological polar surface area (TPSA) is 123 Å². The molecule has 11 heteroatoms. The largest absolute Gasteiger partial charge is 0.385 e. The first-order valence-electron chi connectivity index (χ1n) is 12.6. The third-order valence-corrected chi connectivity index (χ3v) is 8.13. The quantitative estimate of drug-likeness (QED) is 0.373. The molecule has 1 aliphatic rings. The maximum absolute atomic E-state index is 13.3. The van der Waals surface area contributed by atoms with Crippen LogP contribution in [-0.4, -0.2) is 58.7 Å². The molecule has 1 saturated heterocycles. The number of benzene rings is 2. The molecule has 0 aliphatic carbocycles. The molecule has 1 heterocycles. The Labute approximate surface area is 223 Å². The molecule has 1 atom stereocenters. The monoisotopic (exact) mass is 549 g/mol. The van der Waals surface area contributed by atoms with Gasteiger partial charge in [0.1, 0.15) is 11.9 Å². The van der Waals surface area contributed by atoms with Crippen LogP contribution in [0.5, 0.6) is 0 Å². The third kappa shape index (κ3) is 8.87. The lowest BCUT2D eigenvalue weighted by atomic mass is 9.92. The number of methoxy groups -OCH3 is 1. The number of sulfonamides is 1. The van der Waals surface area contributed by atoms with Crippen molar-refractivity contribution < 1.29 is 31.9 Å². The molecule has 2 aromatic rings. The number of nitrogens with one attached hydrogen (secondary N) is 3. The lowest BCUT2D eigenvalue weighted by molar-refractivity contribution is -0.118. The Hall–Kier alpha value is -2.86. The Balaban J connectivity index is 1.70. The summed E-state index contributed by atoms with van der Waals surface area (Å²) in [6, 6.07) is 10.1. The molecule has 0 bridgehead atoms. The Morgan fingerprint density at radius 3 is 2.32 bits per heavy atom. The van der Waals surface area contributed by atoms with Crippen molar-refractivity contribution in [3.63, 3.8) is 0 Å². The molecule has 0 saturated carbocycles. The number of hydrogen-bond donors (Lipinski definition) is 3. The highest BCUT2D eigenvalue weighted by molar-refractivity contribution is 7.89. The summed E-state index contributed by atoms with van der Waals surface area (Å²) in [7, 11) is -2.24. The predicted molar refractivity (Wildman–Crippen MR) is 142 cm³/mol. The second-order valence-electron chi connectivity index (χ2n) is 10.1. The van der Waals surface area contributed by atoms with E-state index in [1.54, 1.807) is 21.0 Å². The van der Waals surface area contributed by atoms with Gasteiger partial charge >= 0.3 is 0 Å². The number of anilines is 1. The maximum atomic E-state index is 13.3. The van der Waals surface area contributed by atoms with Gasteiger partial charge in [-0.2, -0.15) is 0 Å². The lowest BCUT2D eigenvalue weighted by Gasteiger charge is -2.27. The van der Waals surface area contributed by atoms with Crippen LogP contribution in [0.2, 0.25) is 0 Å². The standard InChI is InChI=1S/C27H36FN3O6S/c1-27(2,14-17-36-3)31-38(34,35)23-10-8-22(9-11-23)29-26(33)24(18-19-12-15-37-16-13-19)30-25(32)20-4-6-21(28)7-5-20/h4-11,19,24,31H,12-18H2,1-3H3,(H,29,33)(H,30,32)/t24-/m0/s1. The summed E-state index contributed by atoms with van der Waals surface area (Å²) < 4.78 is 52.1. The molecule has 1 fully saturated rings.